The molecule has 3 aromatic rings. The zero-order chi connectivity index (χ0) is 21.9. The highest BCUT2D eigenvalue weighted by atomic mass is 19.4. The Balaban J connectivity index is 1.81. The standard InChI is InChI=1S/C18H12F6N4O2/c19-17(20,21)10-30-15-8-4-2-6-12(15)25-16(29)13-9-28(27-26-13)14-7-3-1-5-11(14)18(22,23)24/h1-9H,10H2,(H,25,29). The Bertz CT molecular complexity index is 1050. The Morgan fingerprint density at radius 3 is 2.37 bits per heavy atom. The molecule has 0 atom stereocenters. The van der Waals surface area contributed by atoms with Gasteiger partial charge in [0.25, 0.3) is 5.91 Å². The van der Waals surface area contributed by atoms with Gasteiger partial charge in [-0.15, -0.1) is 5.10 Å². The van der Waals surface area contributed by atoms with Crippen molar-refractivity contribution in [3.63, 3.8) is 0 Å². The number of para-hydroxylation sites is 3. The van der Waals surface area contributed by atoms with Gasteiger partial charge in [-0.1, -0.05) is 29.5 Å². The number of halogens is 6. The second-order valence-electron chi connectivity index (χ2n) is 5.92. The van der Waals surface area contributed by atoms with E-state index in [0.717, 1.165) is 23.0 Å². The summed E-state index contributed by atoms with van der Waals surface area (Å²) in [6.07, 6.45) is -8.26. The number of carbonyl (C=O) groups is 1. The average Bonchev–Trinajstić information content (AvgIpc) is 3.16. The second-order valence-corrected chi connectivity index (χ2v) is 5.92. The summed E-state index contributed by atoms with van der Waals surface area (Å²) >= 11 is 0. The molecule has 0 aliphatic rings. The monoisotopic (exact) mass is 430 g/mol. The maximum absolute atomic E-state index is 13.2. The number of rotatable bonds is 5. The molecule has 0 saturated carbocycles. The molecule has 0 aliphatic heterocycles. The number of hydrogen-bond donors (Lipinski definition) is 1. The predicted octanol–water partition coefficient (Wildman–Crippen LogP) is 4.48. The number of benzene rings is 2. The summed E-state index contributed by atoms with van der Waals surface area (Å²) in [7, 11) is 0. The number of carbonyl (C=O) groups excluding carboxylic acids is 1. The fourth-order valence-corrected chi connectivity index (χ4v) is 2.44. The lowest BCUT2D eigenvalue weighted by Gasteiger charge is -2.13. The molecule has 1 amide bonds. The van der Waals surface area contributed by atoms with E-state index in [-0.39, 0.29) is 22.8 Å². The van der Waals surface area contributed by atoms with E-state index in [4.69, 9.17) is 0 Å². The quantitative estimate of drug-likeness (QED) is 0.606. The van der Waals surface area contributed by atoms with Gasteiger partial charge in [-0.05, 0) is 24.3 Å². The van der Waals surface area contributed by atoms with Crippen molar-refractivity contribution in [3.8, 4) is 11.4 Å². The number of hydrogen-bond acceptors (Lipinski definition) is 4. The van der Waals surface area contributed by atoms with Crippen molar-refractivity contribution in [2.45, 2.75) is 12.4 Å². The number of ether oxygens (including phenoxy) is 1. The summed E-state index contributed by atoms with van der Waals surface area (Å²) in [5.74, 6) is -1.13. The number of nitrogens with one attached hydrogen (secondary N) is 1. The third-order valence-electron chi connectivity index (χ3n) is 3.71. The summed E-state index contributed by atoms with van der Waals surface area (Å²) in [6, 6.07) is 9.95. The Hall–Kier alpha value is -3.57. The van der Waals surface area contributed by atoms with Gasteiger partial charge in [0.05, 0.1) is 23.1 Å². The fourth-order valence-electron chi connectivity index (χ4n) is 2.44. The molecule has 6 nitrogen and oxygen atoms in total. The van der Waals surface area contributed by atoms with Gasteiger partial charge in [0, 0.05) is 0 Å². The van der Waals surface area contributed by atoms with Crippen LogP contribution in [0.4, 0.5) is 32.0 Å². The number of amides is 1. The van der Waals surface area contributed by atoms with Crippen LogP contribution in [0.3, 0.4) is 0 Å². The van der Waals surface area contributed by atoms with Crippen molar-refractivity contribution in [2.24, 2.45) is 0 Å². The third-order valence-corrected chi connectivity index (χ3v) is 3.71. The molecular weight excluding hydrogens is 418 g/mol. The maximum Gasteiger partial charge on any atom is 0.422 e. The van der Waals surface area contributed by atoms with E-state index in [1.54, 1.807) is 0 Å². The Kier molecular flexibility index (Phi) is 5.67. The van der Waals surface area contributed by atoms with Crippen LogP contribution in [0.15, 0.2) is 54.7 Å². The molecule has 0 fully saturated rings. The molecule has 1 heterocycles. The van der Waals surface area contributed by atoms with E-state index in [9.17, 15) is 31.1 Å². The minimum Gasteiger partial charge on any atom is -0.482 e. The molecular formula is C18H12F6N4O2. The fraction of sp³-hybridized carbons (Fsp3) is 0.167. The van der Waals surface area contributed by atoms with E-state index in [1.165, 1.54) is 36.4 Å². The smallest absolute Gasteiger partial charge is 0.422 e. The second kappa shape index (κ2) is 8.05. The predicted molar refractivity (Wildman–Crippen MR) is 92.3 cm³/mol. The van der Waals surface area contributed by atoms with E-state index >= 15 is 0 Å². The van der Waals surface area contributed by atoms with E-state index in [2.05, 4.69) is 20.4 Å². The molecule has 30 heavy (non-hydrogen) atoms. The summed E-state index contributed by atoms with van der Waals surface area (Å²) in [4.78, 5) is 12.4. The van der Waals surface area contributed by atoms with E-state index < -0.39 is 30.4 Å². The highest BCUT2D eigenvalue weighted by Gasteiger charge is 2.34. The number of nitrogens with zero attached hydrogens (tertiary/aromatic N) is 3. The van der Waals surface area contributed by atoms with Gasteiger partial charge in [-0.3, -0.25) is 4.79 Å². The minimum atomic E-state index is -4.65. The Morgan fingerprint density at radius 1 is 1.00 bits per heavy atom. The molecule has 0 radical (unpaired) electrons. The Morgan fingerprint density at radius 2 is 1.67 bits per heavy atom. The molecule has 2 aromatic carbocycles. The van der Waals surface area contributed by atoms with Gasteiger partial charge in [-0.25, -0.2) is 4.68 Å². The molecule has 158 valence electrons. The van der Waals surface area contributed by atoms with Crippen LogP contribution in [0.2, 0.25) is 0 Å². The number of aromatic nitrogens is 3. The van der Waals surface area contributed by atoms with Crippen LogP contribution in [-0.4, -0.2) is 33.7 Å². The van der Waals surface area contributed by atoms with Crippen molar-refractivity contribution >= 4 is 11.6 Å². The molecule has 0 saturated heterocycles. The van der Waals surface area contributed by atoms with E-state index in [0.29, 0.717) is 0 Å². The molecule has 3 rings (SSSR count). The molecule has 0 spiro atoms. The lowest BCUT2D eigenvalue weighted by atomic mass is 10.1. The van der Waals surface area contributed by atoms with Gasteiger partial charge >= 0.3 is 12.4 Å². The van der Waals surface area contributed by atoms with Crippen molar-refractivity contribution in [2.75, 3.05) is 11.9 Å². The molecule has 1 aromatic heterocycles. The highest BCUT2D eigenvalue weighted by Crippen LogP contribution is 2.33. The van der Waals surface area contributed by atoms with Gasteiger partial charge in [0.15, 0.2) is 12.3 Å². The summed E-state index contributed by atoms with van der Waals surface area (Å²) in [6.45, 7) is -1.57. The summed E-state index contributed by atoms with van der Waals surface area (Å²) in [5.41, 5.74) is -1.74. The molecule has 1 N–H and O–H groups in total. The third kappa shape index (κ3) is 5.07. The lowest BCUT2D eigenvalue weighted by Crippen LogP contribution is -2.20. The maximum atomic E-state index is 13.2. The van der Waals surface area contributed by atoms with Crippen LogP contribution in [0, 0.1) is 0 Å². The normalized spacial score (nSPS) is 11.9. The highest BCUT2D eigenvalue weighted by molar-refractivity contribution is 6.03. The van der Waals surface area contributed by atoms with Crippen LogP contribution in [0.1, 0.15) is 16.1 Å². The van der Waals surface area contributed by atoms with Crippen molar-refractivity contribution < 1.29 is 35.9 Å². The van der Waals surface area contributed by atoms with Crippen LogP contribution < -0.4 is 10.1 Å². The molecule has 0 bridgehead atoms. The summed E-state index contributed by atoms with van der Waals surface area (Å²) < 4.78 is 82.0. The van der Waals surface area contributed by atoms with E-state index in [1.807, 2.05) is 0 Å². The van der Waals surface area contributed by atoms with Crippen LogP contribution in [-0.2, 0) is 6.18 Å². The zero-order valence-corrected chi connectivity index (χ0v) is 14.8. The van der Waals surface area contributed by atoms with Gasteiger partial charge in [0.2, 0.25) is 0 Å². The molecule has 0 aliphatic carbocycles. The van der Waals surface area contributed by atoms with Crippen molar-refractivity contribution in [3.05, 3.63) is 66.0 Å². The van der Waals surface area contributed by atoms with Crippen molar-refractivity contribution in [1.29, 1.82) is 0 Å². The topological polar surface area (TPSA) is 69.0 Å². The van der Waals surface area contributed by atoms with Gasteiger partial charge < -0.3 is 10.1 Å². The van der Waals surface area contributed by atoms with Crippen molar-refractivity contribution in [1.82, 2.24) is 15.0 Å². The first-order valence-corrected chi connectivity index (χ1v) is 8.23. The number of alkyl halides is 6. The molecule has 0 unspecified atom stereocenters. The van der Waals surface area contributed by atoms with Gasteiger partial charge in [0.1, 0.15) is 5.75 Å². The molecule has 12 heteroatoms. The van der Waals surface area contributed by atoms with Crippen LogP contribution >= 0.6 is 0 Å². The SMILES string of the molecule is O=C(Nc1ccccc1OCC(F)(F)F)c1cn(-c2ccccc2C(F)(F)F)nn1. The number of anilines is 1. The van der Waals surface area contributed by atoms with Crippen LogP contribution in [0.25, 0.3) is 5.69 Å². The Labute approximate surface area is 165 Å². The first kappa shape index (κ1) is 21.1. The zero-order valence-electron chi connectivity index (χ0n) is 14.8. The first-order chi connectivity index (χ1) is 14.0. The minimum absolute atomic E-state index is 0.0722. The first-order valence-electron chi connectivity index (χ1n) is 8.23. The largest absolute Gasteiger partial charge is 0.482 e. The van der Waals surface area contributed by atoms with Crippen LogP contribution in [0.5, 0.6) is 5.75 Å². The lowest BCUT2D eigenvalue weighted by molar-refractivity contribution is -0.153. The van der Waals surface area contributed by atoms with Gasteiger partial charge in [-0.2, -0.15) is 26.3 Å². The summed E-state index contributed by atoms with van der Waals surface area (Å²) in [5, 5.41) is 9.38. The average molecular weight is 430 g/mol.